The Morgan fingerprint density at radius 2 is 1.74 bits per heavy atom. The Morgan fingerprint density at radius 3 is 2.26 bits per heavy atom. The maximum absolute atomic E-state index is 12.6. The summed E-state index contributed by atoms with van der Waals surface area (Å²) in [5.74, 6) is 0.928. The van der Waals surface area contributed by atoms with Gasteiger partial charge in [-0.05, 0) is 44.4 Å². The summed E-state index contributed by atoms with van der Waals surface area (Å²) in [5.41, 5.74) is 0. The van der Waals surface area contributed by atoms with E-state index < -0.39 is 10.2 Å². The van der Waals surface area contributed by atoms with Gasteiger partial charge >= 0.3 is 0 Å². The van der Waals surface area contributed by atoms with Crippen molar-refractivity contribution in [1.29, 1.82) is 0 Å². The minimum Gasteiger partial charge on any atom is -0.195 e. The molecule has 2 saturated heterocycles. The average Bonchev–Trinajstić information content (AvgIpc) is 2.39. The Bertz CT molecular complexity index is 391. The minimum atomic E-state index is -3.24. The van der Waals surface area contributed by atoms with Crippen LogP contribution in [0.4, 0.5) is 0 Å². The third-order valence-electron chi connectivity index (χ3n) is 4.42. The van der Waals surface area contributed by atoms with E-state index in [2.05, 4.69) is 6.92 Å². The highest BCUT2D eigenvalue weighted by molar-refractivity contribution is 7.86. The van der Waals surface area contributed by atoms with E-state index in [0.717, 1.165) is 25.7 Å². The number of nitrogens with zero attached hydrogens (tertiary/aromatic N) is 2. The maximum atomic E-state index is 12.6. The van der Waals surface area contributed by atoms with Gasteiger partial charge in [0.2, 0.25) is 0 Å². The van der Waals surface area contributed by atoms with E-state index in [0.29, 0.717) is 38.0 Å². The van der Waals surface area contributed by atoms with Gasteiger partial charge in [-0.2, -0.15) is 17.0 Å². The van der Waals surface area contributed by atoms with E-state index in [1.54, 1.807) is 8.61 Å². The molecule has 2 rings (SSSR count). The van der Waals surface area contributed by atoms with Gasteiger partial charge in [0.25, 0.3) is 10.2 Å². The molecule has 6 heteroatoms. The van der Waals surface area contributed by atoms with Crippen molar-refractivity contribution >= 4 is 21.8 Å². The SMILES string of the molecule is CC1CCCN(S(=O)(=O)N2CCC(C(C)Cl)CC2)C1. The summed E-state index contributed by atoms with van der Waals surface area (Å²) >= 11 is 6.11. The fourth-order valence-electron chi connectivity index (χ4n) is 3.08. The van der Waals surface area contributed by atoms with Crippen molar-refractivity contribution in [2.75, 3.05) is 26.2 Å². The van der Waals surface area contributed by atoms with E-state index in [1.807, 2.05) is 6.92 Å². The summed E-state index contributed by atoms with van der Waals surface area (Å²) in [7, 11) is -3.24. The molecular weight excluding hydrogens is 284 g/mol. The number of alkyl halides is 1. The first-order valence-electron chi connectivity index (χ1n) is 7.30. The Hall–Kier alpha value is 0.160. The average molecular weight is 309 g/mol. The van der Waals surface area contributed by atoms with Gasteiger partial charge in [0.05, 0.1) is 0 Å². The lowest BCUT2D eigenvalue weighted by molar-refractivity contribution is 0.227. The Balaban J connectivity index is 1.97. The van der Waals surface area contributed by atoms with Crippen molar-refractivity contribution in [3.63, 3.8) is 0 Å². The number of piperidine rings is 2. The number of rotatable bonds is 3. The van der Waals surface area contributed by atoms with Crippen LogP contribution in [0.15, 0.2) is 0 Å². The zero-order valence-corrected chi connectivity index (χ0v) is 13.5. The van der Waals surface area contributed by atoms with Gasteiger partial charge in [-0.25, -0.2) is 0 Å². The molecule has 0 saturated carbocycles. The highest BCUT2D eigenvalue weighted by Crippen LogP contribution is 2.27. The highest BCUT2D eigenvalue weighted by atomic mass is 35.5. The van der Waals surface area contributed by atoms with Crippen LogP contribution in [0.5, 0.6) is 0 Å². The van der Waals surface area contributed by atoms with Gasteiger partial charge < -0.3 is 0 Å². The van der Waals surface area contributed by atoms with E-state index >= 15 is 0 Å². The largest absolute Gasteiger partial charge is 0.281 e. The molecule has 0 aromatic carbocycles. The minimum absolute atomic E-state index is 0.139. The summed E-state index contributed by atoms with van der Waals surface area (Å²) in [6.07, 6.45) is 3.88. The smallest absolute Gasteiger partial charge is 0.195 e. The summed E-state index contributed by atoms with van der Waals surface area (Å²) in [4.78, 5) is 0. The lowest BCUT2D eigenvalue weighted by Gasteiger charge is -2.38. The molecular formula is C13H25ClN2O2S. The van der Waals surface area contributed by atoms with Crippen LogP contribution in [0.25, 0.3) is 0 Å². The fourth-order valence-corrected chi connectivity index (χ4v) is 5.14. The number of halogens is 1. The van der Waals surface area contributed by atoms with Crippen LogP contribution >= 0.6 is 11.6 Å². The molecule has 0 bridgehead atoms. The first-order valence-corrected chi connectivity index (χ1v) is 9.14. The molecule has 0 spiro atoms. The van der Waals surface area contributed by atoms with Crippen LogP contribution in [0.2, 0.25) is 0 Å². The van der Waals surface area contributed by atoms with Crippen LogP contribution in [-0.2, 0) is 10.2 Å². The summed E-state index contributed by atoms with van der Waals surface area (Å²) in [6.45, 7) is 6.72. The molecule has 0 aromatic heterocycles. The Kier molecular flexibility index (Phi) is 5.15. The third-order valence-corrected chi connectivity index (χ3v) is 6.78. The maximum Gasteiger partial charge on any atom is 0.281 e. The normalized spacial score (nSPS) is 30.4. The lowest BCUT2D eigenvalue weighted by atomic mass is 9.95. The second-order valence-corrected chi connectivity index (χ2v) is 8.64. The summed E-state index contributed by atoms with van der Waals surface area (Å²) < 4.78 is 28.5. The molecule has 19 heavy (non-hydrogen) atoms. The van der Waals surface area contributed by atoms with E-state index in [9.17, 15) is 8.42 Å². The van der Waals surface area contributed by atoms with Gasteiger partial charge in [0.15, 0.2) is 0 Å². The first kappa shape index (κ1) is 15.5. The zero-order chi connectivity index (χ0) is 14.0. The third kappa shape index (κ3) is 3.63. The van der Waals surface area contributed by atoms with Gasteiger partial charge in [-0.3, -0.25) is 0 Å². The molecule has 2 unspecified atom stereocenters. The highest BCUT2D eigenvalue weighted by Gasteiger charge is 2.35. The quantitative estimate of drug-likeness (QED) is 0.751. The molecule has 0 aliphatic carbocycles. The van der Waals surface area contributed by atoms with E-state index in [1.165, 1.54) is 0 Å². The zero-order valence-electron chi connectivity index (χ0n) is 11.9. The molecule has 2 heterocycles. The second kappa shape index (κ2) is 6.29. The van der Waals surface area contributed by atoms with Crippen LogP contribution in [-0.4, -0.2) is 48.6 Å². The predicted octanol–water partition coefficient (Wildman–Crippen LogP) is 2.30. The van der Waals surface area contributed by atoms with Gasteiger partial charge in [0.1, 0.15) is 0 Å². The van der Waals surface area contributed by atoms with Crippen LogP contribution in [0, 0.1) is 11.8 Å². The standard InChI is InChI=1S/C13H25ClN2O2S/c1-11-4-3-7-16(10-11)19(17,18)15-8-5-13(6-9-15)12(2)14/h11-13H,3-10H2,1-2H3. The van der Waals surface area contributed by atoms with Crippen LogP contribution in [0.3, 0.4) is 0 Å². The predicted molar refractivity (Wildman–Crippen MR) is 78.5 cm³/mol. The number of hydrogen-bond acceptors (Lipinski definition) is 2. The fraction of sp³-hybridized carbons (Fsp3) is 1.00. The van der Waals surface area contributed by atoms with Crippen molar-refractivity contribution < 1.29 is 8.42 Å². The van der Waals surface area contributed by atoms with Crippen molar-refractivity contribution in [3.8, 4) is 0 Å². The Morgan fingerprint density at radius 1 is 1.11 bits per heavy atom. The van der Waals surface area contributed by atoms with Crippen LogP contribution < -0.4 is 0 Å². The van der Waals surface area contributed by atoms with Gasteiger partial charge in [-0.1, -0.05) is 6.92 Å². The van der Waals surface area contributed by atoms with Crippen LogP contribution in [0.1, 0.15) is 39.5 Å². The van der Waals surface area contributed by atoms with Crippen molar-refractivity contribution in [2.24, 2.45) is 11.8 Å². The molecule has 0 amide bonds. The molecule has 2 aliphatic heterocycles. The van der Waals surface area contributed by atoms with E-state index in [-0.39, 0.29) is 5.38 Å². The monoisotopic (exact) mass is 308 g/mol. The Labute approximate surface area is 122 Å². The molecule has 4 nitrogen and oxygen atoms in total. The van der Waals surface area contributed by atoms with Gasteiger partial charge in [-0.15, -0.1) is 11.6 Å². The number of hydrogen-bond donors (Lipinski definition) is 0. The van der Waals surface area contributed by atoms with Crippen molar-refractivity contribution in [1.82, 2.24) is 8.61 Å². The molecule has 2 atom stereocenters. The lowest BCUT2D eigenvalue weighted by Crippen LogP contribution is -2.50. The summed E-state index contributed by atoms with van der Waals surface area (Å²) in [5, 5.41) is 0.139. The van der Waals surface area contributed by atoms with E-state index in [4.69, 9.17) is 11.6 Å². The summed E-state index contributed by atoms with van der Waals surface area (Å²) in [6, 6.07) is 0. The molecule has 0 N–H and O–H groups in total. The van der Waals surface area contributed by atoms with Gasteiger partial charge in [0, 0.05) is 31.6 Å². The second-order valence-electron chi connectivity index (χ2n) is 6.03. The first-order chi connectivity index (χ1) is 8.91. The van der Waals surface area contributed by atoms with Crippen molar-refractivity contribution in [2.45, 2.75) is 44.9 Å². The topological polar surface area (TPSA) is 40.6 Å². The molecule has 0 aromatic rings. The molecule has 2 aliphatic rings. The van der Waals surface area contributed by atoms with Crippen molar-refractivity contribution in [3.05, 3.63) is 0 Å². The molecule has 0 radical (unpaired) electrons. The molecule has 112 valence electrons. The molecule has 2 fully saturated rings.